The summed E-state index contributed by atoms with van der Waals surface area (Å²) in [6.07, 6.45) is 4.85. The molecule has 1 unspecified atom stereocenters. The SMILES string of the molecule is CCCCCSCCC(C)(C#N)NC(C)C. The Morgan fingerprint density at radius 1 is 1.31 bits per heavy atom. The normalized spacial score (nSPS) is 14.8. The molecule has 0 saturated carbocycles. The standard InChI is InChI=1S/C13H26N2S/c1-5-6-7-9-16-10-8-13(4,11-14)15-12(2)3/h12,15H,5-10H2,1-4H3. The minimum Gasteiger partial charge on any atom is -0.297 e. The molecule has 0 fully saturated rings. The molecule has 0 aliphatic heterocycles. The van der Waals surface area contributed by atoms with Crippen molar-refractivity contribution in [2.24, 2.45) is 0 Å². The summed E-state index contributed by atoms with van der Waals surface area (Å²) in [4.78, 5) is 0. The molecule has 2 nitrogen and oxygen atoms in total. The van der Waals surface area contributed by atoms with Crippen molar-refractivity contribution in [1.82, 2.24) is 5.32 Å². The number of rotatable bonds is 9. The van der Waals surface area contributed by atoms with Gasteiger partial charge in [-0.15, -0.1) is 0 Å². The van der Waals surface area contributed by atoms with E-state index < -0.39 is 0 Å². The van der Waals surface area contributed by atoms with Gasteiger partial charge in [-0.05, 0) is 45.1 Å². The van der Waals surface area contributed by atoms with Crippen molar-refractivity contribution in [3.8, 4) is 6.07 Å². The lowest BCUT2D eigenvalue weighted by molar-refractivity contribution is 0.397. The van der Waals surface area contributed by atoms with E-state index in [1.54, 1.807) is 0 Å². The van der Waals surface area contributed by atoms with Crippen molar-refractivity contribution in [1.29, 1.82) is 5.26 Å². The Morgan fingerprint density at radius 2 is 2.00 bits per heavy atom. The number of nitrogens with one attached hydrogen (secondary N) is 1. The first-order valence-corrected chi connectivity index (χ1v) is 7.46. The minimum absolute atomic E-state index is 0.355. The lowest BCUT2D eigenvalue weighted by Crippen LogP contribution is -2.45. The fraction of sp³-hybridized carbons (Fsp3) is 0.923. The van der Waals surface area contributed by atoms with E-state index in [-0.39, 0.29) is 5.54 Å². The van der Waals surface area contributed by atoms with Gasteiger partial charge < -0.3 is 0 Å². The molecule has 0 aromatic carbocycles. The Bertz CT molecular complexity index is 210. The Balaban J connectivity index is 3.67. The molecule has 16 heavy (non-hydrogen) atoms. The van der Waals surface area contributed by atoms with E-state index in [1.807, 2.05) is 18.7 Å². The molecule has 1 atom stereocenters. The van der Waals surface area contributed by atoms with Gasteiger partial charge in [-0.3, -0.25) is 5.32 Å². The molecule has 0 rings (SSSR count). The first-order valence-electron chi connectivity index (χ1n) is 6.30. The average molecular weight is 242 g/mol. The molecule has 3 heteroatoms. The molecular formula is C13H26N2S. The van der Waals surface area contributed by atoms with E-state index in [0.29, 0.717) is 6.04 Å². The lowest BCUT2D eigenvalue weighted by atomic mass is 10.0. The highest BCUT2D eigenvalue weighted by Crippen LogP contribution is 2.15. The highest BCUT2D eigenvalue weighted by Gasteiger charge is 2.23. The van der Waals surface area contributed by atoms with Crippen LogP contribution in [-0.4, -0.2) is 23.1 Å². The first-order chi connectivity index (χ1) is 7.54. The van der Waals surface area contributed by atoms with Crippen molar-refractivity contribution in [3.63, 3.8) is 0 Å². The van der Waals surface area contributed by atoms with Crippen molar-refractivity contribution in [2.45, 2.75) is 65.0 Å². The first kappa shape index (κ1) is 15.8. The summed E-state index contributed by atoms with van der Waals surface area (Å²) in [5, 5.41) is 12.5. The van der Waals surface area contributed by atoms with Crippen LogP contribution in [0.4, 0.5) is 0 Å². The summed E-state index contributed by atoms with van der Waals surface area (Å²) in [7, 11) is 0. The number of hydrogen-bond acceptors (Lipinski definition) is 3. The van der Waals surface area contributed by atoms with Gasteiger partial charge >= 0.3 is 0 Å². The minimum atomic E-state index is -0.355. The number of unbranched alkanes of at least 4 members (excludes halogenated alkanes) is 2. The molecule has 0 aromatic heterocycles. The zero-order valence-electron chi connectivity index (χ0n) is 11.2. The van der Waals surface area contributed by atoms with E-state index in [1.165, 1.54) is 25.0 Å². The number of thioether (sulfide) groups is 1. The molecule has 0 spiro atoms. The Labute approximate surface area is 105 Å². The van der Waals surface area contributed by atoms with Crippen molar-refractivity contribution >= 4 is 11.8 Å². The predicted molar refractivity (Wildman–Crippen MR) is 73.8 cm³/mol. The predicted octanol–water partition coefficient (Wildman–Crippen LogP) is 3.58. The maximum absolute atomic E-state index is 9.15. The van der Waals surface area contributed by atoms with Gasteiger partial charge in [0.25, 0.3) is 0 Å². The molecule has 0 amide bonds. The van der Waals surface area contributed by atoms with Gasteiger partial charge in [0.15, 0.2) is 0 Å². The fourth-order valence-corrected chi connectivity index (χ4v) is 2.79. The molecule has 0 bridgehead atoms. The van der Waals surface area contributed by atoms with Crippen LogP contribution in [0.5, 0.6) is 0 Å². The average Bonchev–Trinajstić information content (AvgIpc) is 2.22. The summed E-state index contributed by atoms with van der Waals surface area (Å²) in [5.74, 6) is 2.31. The summed E-state index contributed by atoms with van der Waals surface area (Å²) < 4.78 is 0. The van der Waals surface area contributed by atoms with E-state index in [9.17, 15) is 0 Å². The van der Waals surface area contributed by atoms with Gasteiger partial charge in [0.05, 0.1) is 6.07 Å². The molecule has 0 heterocycles. The van der Waals surface area contributed by atoms with Crippen LogP contribution in [0, 0.1) is 11.3 Å². The molecule has 0 radical (unpaired) electrons. The second-order valence-corrected chi connectivity index (χ2v) is 6.04. The largest absolute Gasteiger partial charge is 0.297 e. The maximum atomic E-state index is 9.15. The highest BCUT2D eigenvalue weighted by atomic mass is 32.2. The summed E-state index contributed by atoms with van der Waals surface area (Å²) in [5.41, 5.74) is -0.355. The van der Waals surface area contributed by atoms with Crippen LogP contribution in [0.1, 0.15) is 53.4 Å². The molecule has 0 aliphatic rings. The molecule has 94 valence electrons. The van der Waals surface area contributed by atoms with Gasteiger partial charge in [-0.2, -0.15) is 17.0 Å². The topological polar surface area (TPSA) is 35.8 Å². The van der Waals surface area contributed by atoms with Gasteiger partial charge in [-0.1, -0.05) is 19.8 Å². The second-order valence-electron chi connectivity index (χ2n) is 4.81. The van der Waals surface area contributed by atoms with Crippen LogP contribution >= 0.6 is 11.8 Å². The van der Waals surface area contributed by atoms with Crippen LogP contribution in [0.25, 0.3) is 0 Å². The third-order valence-corrected chi connectivity index (χ3v) is 3.56. The molecule has 0 aliphatic carbocycles. The van der Waals surface area contributed by atoms with Gasteiger partial charge in [-0.25, -0.2) is 0 Å². The number of hydrogen-bond donors (Lipinski definition) is 1. The summed E-state index contributed by atoms with van der Waals surface area (Å²) >= 11 is 1.97. The van der Waals surface area contributed by atoms with Crippen molar-refractivity contribution in [3.05, 3.63) is 0 Å². The van der Waals surface area contributed by atoms with Crippen LogP contribution in [-0.2, 0) is 0 Å². The summed E-state index contributed by atoms with van der Waals surface area (Å²) in [6, 6.07) is 2.76. The molecule has 0 aromatic rings. The third-order valence-electron chi connectivity index (χ3n) is 2.49. The second kappa shape index (κ2) is 8.90. The van der Waals surface area contributed by atoms with E-state index in [2.05, 4.69) is 32.2 Å². The van der Waals surface area contributed by atoms with Crippen LogP contribution < -0.4 is 5.32 Å². The number of nitrogens with zero attached hydrogens (tertiary/aromatic N) is 1. The van der Waals surface area contributed by atoms with Crippen LogP contribution in [0.3, 0.4) is 0 Å². The van der Waals surface area contributed by atoms with Crippen molar-refractivity contribution in [2.75, 3.05) is 11.5 Å². The number of nitriles is 1. The molecular weight excluding hydrogens is 216 g/mol. The monoisotopic (exact) mass is 242 g/mol. The summed E-state index contributed by atoms with van der Waals surface area (Å²) in [6.45, 7) is 8.40. The van der Waals surface area contributed by atoms with Gasteiger partial charge in [0, 0.05) is 6.04 Å². The smallest absolute Gasteiger partial charge is 0.104 e. The Hall–Kier alpha value is -0.200. The van der Waals surface area contributed by atoms with Crippen molar-refractivity contribution < 1.29 is 0 Å². The van der Waals surface area contributed by atoms with Crippen LogP contribution in [0.2, 0.25) is 0 Å². The van der Waals surface area contributed by atoms with E-state index in [4.69, 9.17) is 5.26 Å². The van der Waals surface area contributed by atoms with Crippen LogP contribution in [0.15, 0.2) is 0 Å². The zero-order valence-corrected chi connectivity index (χ0v) is 12.0. The fourth-order valence-electron chi connectivity index (χ4n) is 1.63. The Kier molecular flexibility index (Phi) is 8.78. The van der Waals surface area contributed by atoms with Gasteiger partial charge in [0.1, 0.15) is 5.54 Å². The quantitative estimate of drug-likeness (QED) is 0.628. The van der Waals surface area contributed by atoms with Gasteiger partial charge in [0.2, 0.25) is 0 Å². The lowest BCUT2D eigenvalue weighted by Gasteiger charge is -2.25. The maximum Gasteiger partial charge on any atom is 0.104 e. The van der Waals surface area contributed by atoms with E-state index in [0.717, 1.165) is 12.2 Å². The van der Waals surface area contributed by atoms with E-state index >= 15 is 0 Å². The Morgan fingerprint density at radius 3 is 2.50 bits per heavy atom. The highest BCUT2D eigenvalue weighted by molar-refractivity contribution is 7.99. The third kappa shape index (κ3) is 8.01. The zero-order chi connectivity index (χ0) is 12.4. The molecule has 1 N–H and O–H groups in total. The molecule has 0 saturated heterocycles.